The summed E-state index contributed by atoms with van der Waals surface area (Å²) in [7, 11) is -3.16. The summed E-state index contributed by atoms with van der Waals surface area (Å²) in [6.07, 6.45) is 9.96. The summed E-state index contributed by atoms with van der Waals surface area (Å²) in [6, 6.07) is 8.05. The van der Waals surface area contributed by atoms with Crippen LogP contribution in [0.4, 0.5) is 5.69 Å². The molecule has 3 heterocycles. The minimum absolute atomic E-state index is 0.155. The third-order valence-corrected chi connectivity index (χ3v) is 8.65. The number of hydrogen-bond donors (Lipinski definition) is 1. The van der Waals surface area contributed by atoms with Crippen molar-refractivity contribution in [2.45, 2.75) is 39.0 Å². The minimum atomic E-state index is -3.16. The average Bonchev–Trinajstić information content (AvgIpc) is 3.27. The van der Waals surface area contributed by atoms with Gasteiger partial charge in [-0.25, -0.2) is 18.4 Å². The van der Waals surface area contributed by atoms with Crippen LogP contribution in [0.25, 0.3) is 22.4 Å². The van der Waals surface area contributed by atoms with Crippen molar-refractivity contribution < 1.29 is 13.2 Å². The molecule has 2 fully saturated rings. The van der Waals surface area contributed by atoms with E-state index in [-0.39, 0.29) is 11.2 Å². The van der Waals surface area contributed by atoms with Gasteiger partial charge < -0.3 is 9.88 Å². The molecule has 0 bridgehead atoms. The summed E-state index contributed by atoms with van der Waals surface area (Å²) < 4.78 is 25.1. The molecular weight excluding hydrogens is 450 g/mol. The van der Waals surface area contributed by atoms with E-state index in [4.69, 9.17) is 4.98 Å². The van der Waals surface area contributed by atoms with Gasteiger partial charge in [0, 0.05) is 49.0 Å². The van der Waals surface area contributed by atoms with Crippen molar-refractivity contribution in [1.29, 1.82) is 0 Å². The fourth-order valence-corrected chi connectivity index (χ4v) is 6.05. The van der Waals surface area contributed by atoms with Crippen LogP contribution in [0, 0.1) is 5.41 Å². The average molecular weight is 482 g/mol. The van der Waals surface area contributed by atoms with Crippen LogP contribution in [0.5, 0.6) is 0 Å². The van der Waals surface area contributed by atoms with Crippen molar-refractivity contribution in [2.24, 2.45) is 5.41 Å². The highest BCUT2D eigenvalue weighted by molar-refractivity contribution is 7.88. The lowest BCUT2D eigenvalue weighted by Crippen LogP contribution is -2.48. The topological polar surface area (TPSA) is 99.3 Å². The normalized spacial score (nSPS) is 19.4. The SMILES string of the molecule is CC1(C(=O)c2c[nH]c3ncc(-c4cccc(N5CCN(S(C)(=O)=O)CC5)c4)nc23)CCCCC1. The zero-order valence-electron chi connectivity index (χ0n) is 19.7. The number of H-pyrrole nitrogens is 1. The first-order chi connectivity index (χ1) is 16.2. The second-order valence-corrected chi connectivity index (χ2v) is 11.8. The summed E-state index contributed by atoms with van der Waals surface area (Å²) >= 11 is 0. The fraction of sp³-hybridized carbons (Fsp3) is 0.480. The van der Waals surface area contributed by atoms with E-state index in [1.54, 1.807) is 12.4 Å². The number of anilines is 1. The van der Waals surface area contributed by atoms with Gasteiger partial charge >= 0.3 is 0 Å². The number of rotatable bonds is 5. The highest BCUT2D eigenvalue weighted by Crippen LogP contribution is 2.39. The third-order valence-electron chi connectivity index (χ3n) is 7.35. The molecule has 0 amide bonds. The van der Waals surface area contributed by atoms with E-state index in [1.807, 2.05) is 18.2 Å². The molecule has 0 radical (unpaired) electrons. The van der Waals surface area contributed by atoms with Crippen LogP contribution in [-0.4, -0.2) is 65.9 Å². The minimum Gasteiger partial charge on any atom is -0.369 e. The van der Waals surface area contributed by atoms with Crippen LogP contribution in [0.2, 0.25) is 0 Å². The van der Waals surface area contributed by atoms with E-state index in [1.165, 1.54) is 17.0 Å². The van der Waals surface area contributed by atoms with Gasteiger partial charge in [0.15, 0.2) is 11.4 Å². The van der Waals surface area contributed by atoms with Crippen LogP contribution >= 0.6 is 0 Å². The Morgan fingerprint density at radius 3 is 2.53 bits per heavy atom. The molecule has 1 aliphatic heterocycles. The lowest BCUT2D eigenvalue weighted by Gasteiger charge is -2.34. The third kappa shape index (κ3) is 4.34. The summed E-state index contributed by atoms with van der Waals surface area (Å²) in [5, 5.41) is 0. The molecule has 0 unspecified atom stereocenters. The Kier molecular flexibility index (Phi) is 5.93. The van der Waals surface area contributed by atoms with Gasteiger partial charge in [0.05, 0.1) is 23.7 Å². The molecule has 0 spiro atoms. The summed E-state index contributed by atoms with van der Waals surface area (Å²) in [5.41, 5.74) is 4.20. The molecule has 0 atom stereocenters. The smallest absolute Gasteiger partial charge is 0.211 e. The molecule has 2 aliphatic rings. The Morgan fingerprint density at radius 1 is 1.09 bits per heavy atom. The molecule has 34 heavy (non-hydrogen) atoms. The van der Waals surface area contributed by atoms with Crippen molar-refractivity contribution in [2.75, 3.05) is 37.3 Å². The van der Waals surface area contributed by atoms with Crippen molar-refractivity contribution in [3.63, 3.8) is 0 Å². The summed E-state index contributed by atoms with van der Waals surface area (Å²) in [5.74, 6) is 0.155. The zero-order valence-corrected chi connectivity index (χ0v) is 20.6. The second-order valence-electron chi connectivity index (χ2n) is 9.80. The Bertz CT molecular complexity index is 1320. The number of ketones is 1. The van der Waals surface area contributed by atoms with Crippen molar-refractivity contribution in [3.8, 4) is 11.3 Å². The van der Waals surface area contributed by atoms with Gasteiger partial charge in [0.25, 0.3) is 0 Å². The number of carbonyl (C=O) groups is 1. The number of aromatic nitrogens is 3. The number of sulfonamides is 1. The predicted molar refractivity (Wildman–Crippen MR) is 133 cm³/mol. The number of fused-ring (bicyclic) bond motifs is 1. The van der Waals surface area contributed by atoms with Gasteiger partial charge in [0.2, 0.25) is 10.0 Å². The van der Waals surface area contributed by atoms with Gasteiger partial charge in [-0.3, -0.25) is 4.79 Å². The molecule has 180 valence electrons. The molecule has 1 N–H and O–H groups in total. The molecule has 1 saturated carbocycles. The largest absolute Gasteiger partial charge is 0.369 e. The van der Waals surface area contributed by atoms with Crippen LogP contribution in [-0.2, 0) is 10.0 Å². The van der Waals surface area contributed by atoms with Crippen molar-refractivity contribution in [1.82, 2.24) is 19.3 Å². The molecule has 3 aromatic rings. The predicted octanol–water partition coefficient (Wildman–Crippen LogP) is 3.86. The van der Waals surface area contributed by atoms with E-state index in [9.17, 15) is 13.2 Å². The number of Topliss-reactive ketones (excluding diaryl/α,β-unsaturated/α-hetero) is 1. The Labute approximate surface area is 200 Å². The molecule has 8 nitrogen and oxygen atoms in total. The van der Waals surface area contributed by atoms with Crippen LogP contribution in [0.15, 0.2) is 36.7 Å². The van der Waals surface area contributed by atoms with Gasteiger partial charge in [-0.15, -0.1) is 0 Å². The zero-order chi connectivity index (χ0) is 23.9. The highest BCUT2D eigenvalue weighted by Gasteiger charge is 2.36. The monoisotopic (exact) mass is 481 g/mol. The quantitative estimate of drug-likeness (QED) is 0.556. The first-order valence-corrected chi connectivity index (χ1v) is 13.8. The molecule has 1 aliphatic carbocycles. The van der Waals surface area contributed by atoms with Crippen molar-refractivity contribution in [3.05, 3.63) is 42.2 Å². The van der Waals surface area contributed by atoms with E-state index >= 15 is 0 Å². The van der Waals surface area contributed by atoms with E-state index in [2.05, 4.69) is 27.9 Å². The van der Waals surface area contributed by atoms with E-state index < -0.39 is 10.0 Å². The maximum absolute atomic E-state index is 13.5. The number of nitrogens with one attached hydrogen (secondary N) is 1. The maximum Gasteiger partial charge on any atom is 0.211 e. The maximum atomic E-state index is 13.5. The molecule has 1 saturated heterocycles. The fourth-order valence-electron chi connectivity index (χ4n) is 5.23. The Hall–Kier alpha value is -2.78. The molecule has 5 rings (SSSR count). The molecule has 2 aromatic heterocycles. The van der Waals surface area contributed by atoms with E-state index in [0.29, 0.717) is 48.6 Å². The van der Waals surface area contributed by atoms with E-state index in [0.717, 1.165) is 36.9 Å². The Balaban J connectivity index is 1.42. The molecule has 9 heteroatoms. The summed E-state index contributed by atoms with van der Waals surface area (Å²) in [4.78, 5) is 28.2. The second kappa shape index (κ2) is 8.78. The standard InChI is InChI=1S/C25H31N5O3S/c1-25(9-4-3-5-10-25)23(31)20-16-26-24-22(20)28-21(17-27-24)18-7-6-8-19(15-18)29-11-13-30(14-12-29)34(2,32)33/h6-8,15-17H,3-5,9-14H2,1-2H3,(H,26,27). The van der Waals surface area contributed by atoms with Crippen LogP contribution in [0.3, 0.4) is 0 Å². The number of piperazine rings is 1. The lowest BCUT2D eigenvalue weighted by atomic mass is 9.71. The summed E-state index contributed by atoms with van der Waals surface area (Å²) in [6.45, 7) is 4.30. The number of nitrogens with zero attached hydrogens (tertiary/aromatic N) is 4. The van der Waals surface area contributed by atoms with Gasteiger partial charge in [0.1, 0.15) is 5.52 Å². The first-order valence-electron chi connectivity index (χ1n) is 11.9. The van der Waals surface area contributed by atoms with Crippen LogP contribution < -0.4 is 4.90 Å². The molecular formula is C25H31N5O3S. The van der Waals surface area contributed by atoms with Gasteiger partial charge in [-0.1, -0.05) is 38.3 Å². The number of aromatic amines is 1. The number of benzene rings is 1. The Morgan fingerprint density at radius 2 is 1.82 bits per heavy atom. The van der Waals surface area contributed by atoms with Gasteiger partial charge in [-0.05, 0) is 25.0 Å². The number of carbonyl (C=O) groups excluding carboxylic acids is 1. The lowest BCUT2D eigenvalue weighted by molar-refractivity contribution is 0.0751. The first kappa shape index (κ1) is 23.0. The number of hydrogen-bond acceptors (Lipinski definition) is 6. The van der Waals surface area contributed by atoms with Gasteiger partial charge in [-0.2, -0.15) is 4.31 Å². The molecule has 1 aromatic carbocycles. The van der Waals surface area contributed by atoms with Crippen molar-refractivity contribution >= 4 is 32.7 Å². The van der Waals surface area contributed by atoms with Crippen LogP contribution in [0.1, 0.15) is 49.4 Å². The highest BCUT2D eigenvalue weighted by atomic mass is 32.2.